The van der Waals surface area contributed by atoms with Crippen molar-refractivity contribution in [2.45, 2.75) is 50.4 Å². The first-order valence-corrected chi connectivity index (χ1v) is 11.4. The van der Waals surface area contributed by atoms with E-state index in [1.807, 2.05) is 54.6 Å². The first kappa shape index (κ1) is 22.9. The Balaban J connectivity index is 1.30. The maximum Gasteiger partial charge on any atom is 0.333 e. The second-order valence-electron chi connectivity index (χ2n) is 8.45. The van der Waals surface area contributed by atoms with E-state index < -0.39 is 12.1 Å². The van der Waals surface area contributed by atoms with E-state index >= 15 is 0 Å². The van der Waals surface area contributed by atoms with Crippen LogP contribution in [0.15, 0.2) is 78.9 Å². The van der Waals surface area contributed by atoms with Crippen LogP contribution < -0.4 is 9.47 Å². The number of aliphatic carboxylic acids is 1. The number of methoxy groups -OCH3 is 1. The van der Waals surface area contributed by atoms with E-state index in [4.69, 9.17) is 19.3 Å². The molecule has 0 aliphatic heterocycles. The third kappa shape index (κ3) is 6.36. The molecule has 4 rings (SSSR count). The van der Waals surface area contributed by atoms with Crippen LogP contribution in [-0.2, 0) is 16.0 Å². The van der Waals surface area contributed by atoms with E-state index in [9.17, 15) is 4.79 Å². The summed E-state index contributed by atoms with van der Waals surface area (Å²) in [5.74, 6) is 0.720. The first-order valence-electron chi connectivity index (χ1n) is 11.4. The van der Waals surface area contributed by atoms with Crippen molar-refractivity contribution in [2.75, 3.05) is 7.11 Å². The molecule has 1 aliphatic carbocycles. The molecular formula is C28H30O5. The van der Waals surface area contributed by atoms with Crippen LogP contribution in [0.5, 0.6) is 11.5 Å². The summed E-state index contributed by atoms with van der Waals surface area (Å²) < 4.78 is 17.5. The largest absolute Gasteiger partial charge is 0.490 e. The van der Waals surface area contributed by atoms with Crippen molar-refractivity contribution in [1.29, 1.82) is 0 Å². The van der Waals surface area contributed by atoms with Crippen molar-refractivity contribution >= 4 is 5.97 Å². The minimum atomic E-state index is -0.958. The van der Waals surface area contributed by atoms with E-state index in [0.717, 1.165) is 42.7 Å². The molecule has 1 aliphatic rings. The number of carboxylic acids is 1. The fraction of sp³-hybridized carbons (Fsp3) is 0.321. The van der Waals surface area contributed by atoms with E-state index in [2.05, 4.69) is 24.3 Å². The molecule has 0 radical (unpaired) electrons. The average molecular weight is 447 g/mol. The van der Waals surface area contributed by atoms with Gasteiger partial charge >= 0.3 is 5.97 Å². The van der Waals surface area contributed by atoms with Gasteiger partial charge in [0.15, 0.2) is 6.10 Å². The zero-order valence-corrected chi connectivity index (χ0v) is 18.9. The quantitative estimate of drug-likeness (QED) is 0.452. The third-order valence-corrected chi connectivity index (χ3v) is 6.05. The minimum absolute atomic E-state index is 0.101. The Kier molecular flexibility index (Phi) is 7.63. The second-order valence-corrected chi connectivity index (χ2v) is 8.45. The van der Waals surface area contributed by atoms with E-state index in [1.165, 1.54) is 18.2 Å². The lowest BCUT2D eigenvalue weighted by molar-refractivity contribution is -0.148. The van der Waals surface area contributed by atoms with Gasteiger partial charge in [0.05, 0.1) is 0 Å². The summed E-state index contributed by atoms with van der Waals surface area (Å²) in [4.78, 5) is 11.1. The molecule has 3 aromatic rings. The van der Waals surface area contributed by atoms with Gasteiger partial charge in [-0.3, -0.25) is 0 Å². The highest BCUT2D eigenvalue weighted by atomic mass is 16.5. The SMILES string of the molecule is CO[C@@H](Cc1ccc(O[C@@H]2CCCC(Oc3ccc(-c4ccccc4)cc3)C2)cc1)C(=O)O. The summed E-state index contributed by atoms with van der Waals surface area (Å²) in [6.07, 6.45) is 3.64. The maximum absolute atomic E-state index is 11.1. The average Bonchev–Trinajstić information content (AvgIpc) is 2.84. The topological polar surface area (TPSA) is 65.0 Å². The Morgan fingerprint density at radius 3 is 1.94 bits per heavy atom. The van der Waals surface area contributed by atoms with Crippen LogP contribution in [0.1, 0.15) is 31.2 Å². The molecule has 3 atom stereocenters. The maximum atomic E-state index is 11.1. The van der Waals surface area contributed by atoms with E-state index in [0.29, 0.717) is 6.42 Å². The smallest absolute Gasteiger partial charge is 0.333 e. The van der Waals surface area contributed by atoms with Gasteiger partial charge in [-0.25, -0.2) is 4.79 Å². The van der Waals surface area contributed by atoms with Crippen molar-refractivity contribution in [2.24, 2.45) is 0 Å². The fourth-order valence-electron chi connectivity index (χ4n) is 4.25. The lowest BCUT2D eigenvalue weighted by atomic mass is 9.94. The van der Waals surface area contributed by atoms with Crippen LogP contribution in [0.2, 0.25) is 0 Å². The van der Waals surface area contributed by atoms with Gasteiger partial charge < -0.3 is 19.3 Å². The highest BCUT2D eigenvalue weighted by Crippen LogP contribution is 2.29. The van der Waals surface area contributed by atoms with Crippen LogP contribution in [0.25, 0.3) is 11.1 Å². The lowest BCUT2D eigenvalue weighted by Crippen LogP contribution is -2.32. The molecule has 1 N–H and O–H groups in total. The zero-order chi connectivity index (χ0) is 23.0. The highest BCUT2D eigenvalue weighted by Gasteiger charge is 2.25. The predicted molar refractivity (Wildman–Crippen MR) is 128 cm³/mol. The molecule has 0 aromatic heterocycles. The van der Waals surface area contributed by atoms with E-state index in [1.54, 1.807) is 0 Å². The van der Waals surface area contributed by atoms with E-state index in [-0.39, 0.29) is 12.2 Å². The third-order valence-electron chi connectivity index (χ3n) is 6.05. The number of carbonyl (C=O) groups is 1. The number of carboxylic acid groups (broad SMARTS) is 1. The van der Waals surface area contributed by atoms with Gasteiger partial charge in [-0.2, -0.15) is 0 Å². The van der Waals surface area contributed by atoms with Gasteiger partial charge in [0, 0.05) is 20.0 Å². The Hall–Kier alpha value is -3.31. The predicted octanol–water partition coefficient (Wildman–Crippen LogP) is 5.76. The summed E-state index contributed by atoms with van der Waals surface area (Å²) >= 11 is 0. The van der Waals surface area contributed by atoms with Crippen molar-refractivity contribution < 1.29 is 24.1 Å². The molecule has 1 unspecified atom stereocenters. The number of benzene rings is 3. The van der Waals surface area contributed by atoms with Crippen LogP contribution >= 0.6 is 0 Å². The molecular weight excluding hydrogens is 416 g/mol. The second kappa shape index (κ2) is 11.0. The van der Waals surface area contributed by atoms with Crippen LogP contribution in [0, 0.1) is 0 Å². The Bertz CT molecular complexity index is 1010. The van der Waals surface area contributed by atoms with Gasteiger partial charge in [-0.1, -0.05) is 54.6 Å². The van der Waals surface area contributed by atoms with Crippen LogP contribution in [0.4, 0.5) is 0 Å². The summed E-state index contributed by atoms with van der Waals surface area (Å²) in [5, 5.41) is 9.14. The normalized spacial score (nSPS) is 18.9. The first-order chi connectivity index (χ1) is 16.1. The Morgan fingerprint density at radius 1 is 0.848 bits per heavy atom. The molecule has 5 heteroatoms. The Labute approximate surface area is 194 Å². The summed E-state index contributed by atoms with van der Waals surface area (Å²) in [6.45, 7) is 0. The van der Waals surface area contributed by atoms with Gasteiger partial charge in [0.1, 0.15) is 23.7 Å². The molecule has 0 saturated heterocycles. The van der Waals surface area contributed by atoms with Crippen molar-refractivity contribution in [3.63, 3.8) is 0 Å². The standard InChI is InChI=1S/C28H30O5/c1-31-27(28(29)30)18-20-10-14-23(15-11-20)32-25-8-5-9-26(19-25)33-24-16-12-22(13-17-24)21-6-3-2-4-7-21/h2-4,6-7,10-17,25-27H,5,8-9,18-19H2,1H3,(H,29,30)/t25-,26?,27+/m1/s1. The van der Waals surface area contributed by atoms with Crippen molar-refractivity contribution in [1.82, 2.24) is 0 Å². The molecule has 0 heterocycles. The van der Waals surface area contributed by atoms with Crippen molar-refractivity contribution in [3.05, 3.63) is 84.4 Å². The van der Waals surface area contributed by atoms with Gasteiger partial charge in [-0.15, -0.1) is 0 Å². The highest BCUT2D eigenvalue weighted by molar-refractivity contribution is 5.72. The molecule has 3 aromatic carbocycles. The number of hydrogen-bond donors (Lipinski definition) is 1. The lowest BCUT2D eigenvalue weighted by Gasteiger charge is -2.30. The summed E-state index contributed by atoms with van der Waals surface area (Å²) in [6, 6.07) is 26.2. The molecule has 5 nitrogen and oxygen atoms in total. The van der Waals surface area contributed by atoms with Crippen LogP contribution in [0.3, 0.4) is 0 Å². The molecule has 33 heavy (non-hydrogen) atoms. The molecule has 172 valence electrons. The zero-order valence-electron chi connectivity index (χ0n) is 18.9. The number of hydrogen-bond acceptors (Lipinski definition) is 4. The molecule has 0 spiro atoms. The Morgan fingerprint density at radius 2 is 1.39 bits per heavy atom. The number of ether oxygens (including phenoxy) is 3. The molecule has 0 amide bonds. The number of rotatable bonds is 9. The minimum Gasteiger partial charge on any atom is -0.490 e. The summed E-state index contributed by atoms with van der Waals surface area (Å²) in [7, 11) is 1.41. The molecule has 0 bridgehead atoms. The monoisotopic (exact) mass is 446 g/mol. The summed E-state index contributed by atoms with van der Waals surface area (Å²) in [5.41, 5.74) is 3.28. The van der Waals surface area contributed by atoms with Gasteiger partial charge in [0.25, 0.3) is 0 Å². The van der Waals surface area contributed by atoms with Crippen molar-refractivity contribution in [3.8, 4) is 22.6 Å². The molecule has 1 fully saturated rings. The van der Waals surface area contributed by atoms with Gasteiger partial charge in [-0.05, 0) is 60.2 Å². The molecule has 1 saturated carbocycles. The van der Waals surface area contributed by atoms with Gasteiger partial charge in [0.2, 0.25) is 0 Å². The fourth-order valence-corrected chi connectivity index (χ4v) is 4.25. The van der Waals surface area contributed by atoms with Crippen LogP contribution in [-0.4, -0.2) is 36.5 Å².